The van der Waals surface area contributed by atoms with Crippen LogP contribution < -0.4 is 15.4 Å². The van der Waals surface area contributed by atoms with Gasteiger partial charge in [0.25, 0.3) is 0 Å². The van der Waals surface area contributed by atoms with E-state index in [1.807, 2.05) is 24.3 Å². The molecule has 1 unspecified atom stereocenters. The predicted octanol–water partition coefficient (Wildman–Crippen LogP) is 3.90. The molecular weight excluding hydrogens is 312 g/mol. The van der Waals surface area contributed by atoms with Gasteiger partial charge in [0.1, 0.15) is 5.75 Å². The maximum atomic E-state index is 12.5. The van der Waals surface area contributed by atoms with E-state index in [0.29, 0.717) is 6.10 Å². The van der Waals surface area contributed by atoms with Crippen LogP contribution in [0, 0.1) is 0 Å². The molecule has 0 radical (unpaired) electrons. The van der Waals surface area contributed by atoms with E-state index < -0.39 is 0 Å². The van der Waals surface area contributed by atoms with E-state index in [0.717, 1.165) is 50.1 Å². The lowest BCUT2D eigenvalue weighted by Crippen LogP contribution is -2.50. The number of hydrogen-bond donors (Lipinski definition) is 2. The Labute approximate surface area is 144 Å². The highest BCUT2D eigenvalue weighted by molar-refractivity contribution is 5.98. The second-order valence-electron chi connectivity index (χ2n) is 6.47. The second kappa shape index (κ2) is 8.02. The molecule has 2 aliphatic rings. The van der Waals surface area contributed by atoms with Crippen LogP contribution >= 0.6 is 12.4 Å². The molecule has 0 bridgehead atoms. The Kier molecular flexibility index (Phi) is 6.31. The number of ether oxygens (including phenoxy) is 1. The summed E-state index contributed by atoms with van der Waals surface area (Å²) in [4.78, 5) is 12.5. The third-order valence-electron chi connectivity index (χ3n) is 5.00. The average molecular weight is 339 g/mol. The summed E-state index contributed by atoms with van der Waals surface area (Å²) in [5.41, 5.74) is 0.448. The van der Waals surface area contributed by atoms with Crippen LogP contribution in [0.4, 0.5) is 5.69 Å². The molecule has 23 heavy (non-hydrogen) atoms. The van der Waals surface area contributed by atoms with Gasteiger partial charge in [-0.2, -0.15) is 0 Å². The maximum absolute atomic E-state index is 12.5. The summed E-state index contributed by atoms with van der Waals surface area (Å²) in [5.74, 6) is 0.978. The summed E-state index contributed by atoms with van der Waals surface area (Å²) in [6, 6.07) is 7.77. The molecule has 1 heterocycles. The highest BCUT2D eigenvalue weighted by atomic mass is 35.5. The van der Waals surface area contributed by atoms with Gasteiger partial charge in [0.15, 0.2) is 0 Å². The molecule has 0 aromatic heterocycles. The molecule has 128 valence electrons. The summed E-state index contributed by atoms with van der Waals surface area (Å²) in [7, 11) is 0. The molecular formula is C18H27ClN2O2. The number of amides is 1. The van der Waals surface area contributed by atoms with Crippen LogP contribution in [0.1, 0.15) is 51.9 Å². The Hall–Kier alpha value is -1.26. The molecule has 2 fully saturated rings. The molecule has 1 aliphatic heterocycles. The first-order valence-electron chi connectivity index (χ1n) is 8.55. The molecule has 1 saturated heterocycles. The molecule has 2 N–H and O–H groups in total. The van der Waals surface area contributed by atoms with Gasteiger partial charge in [0.2, 0.25) is 5.91 Å². The third-order valence-corrected chi connectivity index (χ3v) is 5.00. The van der Waals surface area contributed by atoms with Crippen LogP contribution in [-0.2, 0) is 4.79 Å². The van der Waals surface area contributed by atoms with Crippen molar-refractivity contribution in [3.63, 3.8) is 0 Å². The van der Waals surface area contributed by atoms with Crippen molar-refractivity contribution in [3.8, 4) is 5.75 Å². The summed E-state index contributed by atoms with van der Waals surface area (Å²) in [5, 5.41) is 6.40. The van der Waals surface area contributed by atoms with Crippen molar-refractivity contribution in [3.05, 3.63) is 24.3 Å². The molecule has 5 heteroatoms. The summed E-state index contributed by atoms with van der Waals surface area (Å²) < 4.78 is 5.95. The fourth-order valence-electron chi connectivity index (χ4n) is 3.53. The van der Waals surface area contributed by atoms with Crippen LogP contribution in [-0.4, -0.2) is 24.1 Å². The summed E-state index contributed by atoms with van der Waals surface area (Å²) in [6.07, 6.45) is 8.02. The predicted molar refractivity (Wildman–Crippen MR) is 95.5 cm³/mol. The van der Waals surface area contributed by atoms with Crippen LogP contribution in [0.3, 0.4) is 0 Å². The number of carbonyl (C=O) groups excluding carboxylic acids is 1. The standard InChI is InChI=1S/C18H26N2O2.ClH/c1-2-18(12-5-13-19-18)17(21)20-14-8-10-16(11-9-14)22-15-6-3-4-7-15;/h8-11,15,19H,2-7,12-13H2,1H3,(H,20,21);1H. The first-order chi connectivity index (χ1) is 10.7. The number of carbonyl (C=O) groups is 1. The quantitative estimate of drug-likeness (QED) is 0.856. The number of rotatable bonds is 5. The van der Waals surface area contributed by atoms with Crippen molar-refractivity contribution in [2.75, 3.05) is 11.9 Å². The third kappa shape index (κ3) is 4.18. The lowest BCUT2D eigenvalue weighted by atomic mass is 9.93. The van der Waals surface area contributed by atoms with Gasteiger partial charge in [0.05, 0.1) is 11.6 Å². The van der Waals surface area contributed by atoms with Gasteiger partial charge in [-0.25, -0.2) is 0 Å². The minimum atomic E-state index is -0.390. The van der Waals surface area contributed by atoms with E-state index in [9.17, 15) is 4.79 Å². The van der Waals surface area contributed by atoms with Crippen LogP contribution in [0.15, 0.2) is 24.3 Å². The van der Waals surface area contributed by atoms with Gasteiger partial charge in [-0.1, -0.05) is 6.92 Å². The van der Waals surface area contributed by atoms with E-state index in [1.165, 1.54) is 12.8 Å². The van der Waals surface area contributed by atoms with Gasteiger partial charge in [-0.05, 0) is 75.8 Å². The van der Waals surface area contributed by atoms with Crippen molar-refractivity contribution in [2.45, 2.75) is 63.5 Å². The van der Waals surface area contributed by atoms with Crippen molar-refractivity contribution < 1.29 is 9.53 Å². The lowest BCUT2D eigenvalue weighted by molar-refractivity contribution is -0.122. The molecule has 1 atom stereocenters. The second-order valence-corrected chi connectivity index (χ2v) is 6.47. The fraction of sp³-hybridized carbons (Fsp3) is 0.611. The molecule has 1 aliphatic carbocycles. The summed E-state index contributed by atoms with van der Waals surface area (Å²) in [6.45, 7) is 2.99. The number of nitrogens with one attached hydrogen (secondary N) is 2. The van der Waals surface area contributed by atoms with Gasteiger partial charge in [-0.3, -0.25) is 4.79 Å². The number of halogens is 1. The Morgan fingerprint density at radius 1 is 1.26 bits per heavy atom. The lowest BCUT2D eigenvalue weighted by Gasteiger charge is -2.26. The highest BCUT2D eigenvalue weighted by Gasteiger charge is 2.39. The van der Waals surface area contributed by atoms with E-state index >= 15 is 0 Å². The van der Waals surface area contributed by atoms with Gasteiger partial charge in [-0.15, -0.1) is 12.4 Å². The fourth-order valence-corrected chi connectivity index (χ4v) is 3.53. The number of benzene rings is 1. The highest BCUT2D eigenvalue weighted by Crippen LogP contribution is 2.27. The van der Waals surface area contributed by atoms with Crippen molar-refractivity contribution >= 4 is 24.0 Å². The van der Waals surface area contributed by atoms with Crippen LogP contribution in [0.2, 0.25) is 0 Å². The largest absolute Gasteiger partial charge is 0.490 e. The molecule has 1 aromatic carbocycles. The van der Waals surface area contributed by atoms with E-state index in [1.54, 1.807) is 0 Å². The summed E-state index contributed by atoms with van der Waals surface area (Å²) >= 11 is 0. The molecule has 1 saturated carbocycles. The Morgan fingerprint density at radius 3 is 2.52 bits per heavy atom. The van der Waals surface area contributed by atoms with Gasteiger partial charge < -0.3 is 15.4 Å². The van der Waals surface area contributed by atoms with Crippen LogP contribution in [0.5, 0.6) is 5.75 Å². The molecule has 4 nitrogen and oxygen atoms in total. The van der Waals surface area contributed by atoms with Crippen LogP contribution in [0.25, 0.3) is 0 Å². The zero-order chi connectivity index (χ0) is 15.4. The monoisotopic (exact) mass is 338 g/mol. The topological polar surface area (TPSA) is 50.4 Å². The van der Waals surface area contributed by atoms with Gasteiger partial charge >= 0.3 is 0 Å². The van der Waals surface area contributed by atoms with E-state index in [4.69, 9.17) is 4.74 Å². The number of hydrogen-bond acceptors (Lipinski definition) is 3. The Morgan fingerprint density at radius 2 is 1.96 bits per heavy atom. The molecule has 1 amide bonds. The minimum Gasteiger partial charge on any atom is -0.490 e. The van der Waals surface area contributed by atoms with Crippen molar-refractivity contribution in [2.24, 2.45) is 0 Å². The SMILES string of the molecule is CCC1(C(=O)Nc2ccc(OC3CCCC3)cc2)CCCN1.Cl. The van der Waals surface area contributed by atoms with E-state index in [2.05, 4.69) is 17.6 Å². The average Bonchev–Trinajstić information content (AvgIpc) is 3.21. The first kappa shape index (κ1) is 18.1. The first-order valence-corrected chi connectivity index (χ1v) is 8.55. The molecule has 0 spiro atoms. The van der Waals surface area contributed by atoms with Crippen molar-refractivity contribution in [1.29, 1.82) is 0 Å². The van der Waals surface area contributed by atoms with E-state index in [-0.39, 0.29) is 23.9 Å². The number of anilines is 1. The van der Waals surface area contributed by atoms with Crippen molar-refractivity contribution in [1.82, 2.24) is 5.32 Å². The minimum absolute atomic E-state index is 0. The zero-order valence-electron chi connectivity index (χ0n) is 13.8. The smallest absolute Gasteiger partial charge is 0.244 e. The Balaban J connectivity index is 0.00000192. The molecule has 1 aromatic rings. The zero-order valence-corrected chi connectivity index (χ0v) is 14.6. The molecule has 3 rings (SSSR count). The van der Waals surface area contributed by atoms with Gasteiger partial charge in [0, 0.05) is 5.69 Å². The Bertz CT molecular complexity index is 506. The normalized spacial score (nSPS) is 24.2. The maximum Gasteiger partial charge on any atom is 0.244 e.